The van der Waals surface area contributed by atoms with Gasteiger partial charge in [-0.15, -0.1) is 0 Å². The summed E-state index contributed by atoms with van der Waals surface area (Å²) in [5, 5.41) is 0.0290. The van der Waals surface area contributed by atoms with Gasteiger partial charge in [-0.25, -0.2) is 4.98 Å². The highest BCUT2D eigenvalue weighted by atomic mass is 35.5. The van der Waals surface area contributed by atoms with E-state index in [9.17, 15) is 14.4 Å². The molecule has 2 aromatic heterocycles. The van der Waals surface area contributed by atoms with Crippen molar-refractivity contribution in [3.8, 4) is 0 Å². The van der Waals surface area contributed by atoms with E-state index in [1.807, 2.05) is 0 Å². The molecule has 3 heterocycles. The number of esters is 3. The molecule has 0 aliphatic carbocycles. The molecule has 0 spiro atoms. The van der Waals surface area contributed by atoms with Crippen LogP contribution < -0.4 is 5.73 Å². The Morgan fingerprint density at radius 3 is 2.41 bits per heavy atom. The van der Waals surface area contributed by atoms with Crippen LogP contribution in [0, 0.1) is 0 Å². The zero-order chi connectivity index (χ0) is 21.3. The third-order valence-electron chi connectivity index (χ3n) is 4.01. The lowest BCUT2D eigenvalue weighted by Crippen LogP contribution is -2.40. The van der Waals surface area contributed by atoms with Crippen LogP contribution in [0.5, 0.6) is 0 Å². The first-order valence-corrected chi connectivity index (χ1v) is 8.84. The van der Waals surface area contributed by atoms with Crippen LogP contribution in [-0.2, 0) is 33.3 Å². The van der Waals surface area contributed by atoms with Gasteiger partial charge < -0.3 is 24.7 Å². The summed E-state index contributed by atoms with van der Waals surface area (Å²) >= 11 is 6.05. The Labute approximate surface area is 169 Å². The molecule has 1 aliphatic heterocycles. The Balaban J connectivity index is 2.04. The van der Waals surface area contributed by atoms with Gasteiger partial charge in [-0.2, -0.15) is 9.97 Å². The molecule has 0 radical (unpaired) electrons. The first-order valence-electron chi connectivity index (χ1n) is 8.46. The SMILES string of the molecule is CC(=O)OC[C@@H]1O[C@H](n2cnc3c(Cl)nc(N)nc32)[C@H](OC(C)=O)[C@@H]1OC(C)=O. The van der Waals surface area contributed by atoms with Crippen molar-refractivity contribution < 1.29 is 33.3 Å². The number of hydrogen-bond donors (Lipinski definition) is 1. The van der Waals surface area contributed by atoms with Gasteiger partial charge in [0.25, 0.3) is 0 Å². The minimum absolute atomic E-state index is 0.0290. The Bertz CT molecular complexity index is 965. The van der Waals surface area contributed by atoms with Crippen molar-refractivity contribution in [2.45, 2.75) is 45.3 Å². The van der Waals surface area contributed by atoms with E-state index >= 15 is 0 Å². The van der Waals surface area contributed by atoms with E-state index in [-0.39, 0.29) is 28.9 Å². The molecule has 12 nitrogen and oxygen atoms in total. The molecule has 4 atom stereocenters. The van der Waals surface area contributed by atoms with Crippen molar-refractivity contribution in [2.24, 2.45) is 0 Å². The first-order chi connectivity index (χ1) is 13.7. The van der Waals surface area contributed by atoms with E-state index < -0.39 is 42.4 Å². The van der Waals surface area contributed by atoms with Crippen LogP contribution in [-0.4, -0.2) is 62.3 Å². The van der Waals surface area contributed by atoms with Crippen molar-refractivity contribution in [3.05, 3.63) is 11.5 Å². The highest BCUT2D eigenvalue weighted by molar-refractivity contribution is 6.33. The number of fused-ring (bicyclic) bond motifs is 1. The van der Waals surface area contributed by atoms with Gasteiger partial charge in [0.15, 0.2) is 29.2 Å². The predicted octanol–water partition coefficient (Wildman–Crippen LogP) is 0.386. The number of anilines is 1. The maximum absolute atomic E-state index is 11.7. The molecule has 0 bridgehead atoms. The largest absolute Gasteiger partial charge is 0.463 e. The number of rotatable bonds is 5. The van der Waals surface area contributed by atoms with Gasteiger partial charge >= 0.3 is 17.9 Å². The van der Waals surface area contributed by atoms with Crippen LogP contribution in [0.3, 0.4) is 0 Å². The molecule has 29 heavy (non-hydrogen) atoms. The summed E-state index contributed by atoms with van der Waals surface area (Å²) in [5.41, 5.74) is 6.14. The third-order valence-corrected chi connectivity index (χ3v) is 4.27. The van der Waals surface area contributed by atoms with Crippen molar-refractivity contribution in [3.63, 3.8) is 0 Å². The Kier molecular flexibility index (Phi) is 5.84. The van der Waals surface area contributed by atoms with Gasteiger partial charge in [0.2, 0.25) is 5.95 Å². The van der Waals surface area contributed by atoms with Crippen LogP contribution in [0.1, 0.15) is 27.0 Å². The summed E-state index contributed by atoms with van der Waals surface area (Å²) in [6.45, 7) is 3.39. The van der Waals surface area contributed by atoms with Crippen LogP contribution >= 0.6 is 11.6 Å². The minimum Gasteiger partial charge on any atom is -0.463 e. The fraction of sp³-hybridized carbons (Fsp3) is 0.500. The second-order valence-electron chi connectivity index (χ2n) is 6.21. The molecule has 0 amide bonds. The summed E-state index contributed by atoms with van der Waals surface area (Å²) < 4.78 is 23.0. The summed E-state index contributed by atoms with van der Waals surface area (Å²) in [6.07, 6.45) is -2.70. The Hall–Kier alpha value is -2.99. The maximum atomic E-state index is 11.7. The van der Waals surface area contributed by atoms with E-state index in [1.54, 1.807) is 0 Å². The van der Waals surface area contributed by atoms with Crippen molar-refractivity contribution >= 4 is 46.6 Å². The molecule has 1 fully saturated rings. The van der Waals surface area contributed by atoms with Crippen molar-refractivity contribution in [1.29, 1.82) is 0 Å². The normalized spacial score (nSPS) is 23.7. The second-order valence-corrected chi connectivity index (χ2v) is 6.57. The number of carbonyl (C=O) groups excluding carboxylic acids is 3. The Morgan fingerprint density at radius 2 is 1.79 bits per heavy atom. The maximum Gasteiger partial charge on any atom is 0.303 e. The molecular formula is C16H18ClN5O7. The summed E-state index contributed by atoms with van der Waals surface area (Å²) in [6, 6.07) is 0. The minimum atomic E-state index is -1.08. The number of carbonyl (C=O) groups is 3. The smallest absolute Gasteiger partial charge is 0.303 e. The average molecular weight is 428 g/mol. The van der Waals surface area contributed by atoms with Gasteiger partial charge in [-0.3, -0.25) is 19.0 Å². The molecule has 0 saturated carbocycles. The topological polar surface area (TPSA) is 158 Å². The Morgan fingerprint density at radius 1 is 1.14 bits per heavy atom. The third kappa shape index (κ3) is 4.38. The highest BCUT2D eigenvalue weighted by Crippen LogP contribution is 2.36. The van der Waals surface area contributed by atoms with Gasteiger partial charge in [0.1, 0.15) is 18.2 Å². The van der Waals surface area contributed by atoms with E-state index in [1.165, 1.54) is 31.7 Å². The standard InChI is InChI=1S/C16H18ClN5O7/c1-6(23)26-4-9-11(27-7(2)24)12(28-8(3)25)15(29-9)22-5-19-10-13(17)20-16(18)21-14(10)22/h5,9,11-12,15H,4H2,1-3H3,(H2,18,20,21)/t9-,11+,12+,15-/m0/s1. The molecule has 0 unspecified atom stereocenters. The molecule has 1 aliphatic rings. The molecule has 2 N–H and O–H groups in total. The quantitative estimate of drug-likeness (QED) is 0.399. The number of imidazole rings is 1. The molecule has 2 aromatic rings. The van der Waals surface area contributed by atoms with E-state index in [2.05, 4.69) is 15.0 Å². The summed E-state index contributed by atoms with van der Waals surface area (Å²) in [7, 11) is 0. The molecule has 13 heteroatoms. The molecular weight excluding hydrogens is 410 g/mol. The number of hydrogen-bond acceptors (Lipinski definition) is 11. The lowest BCUT2D eigenvalue weighted by atomic mass is 10.1. The second kappa shape index (κ2) is 8.17. The molecule has 0 aromatic carbocycles. The van der Waals surface area contributed by atoms with Crippen LogP contribution in [0.15, 0.2) is 6.33 Å². The van der Waals surface area contributed by atoms with Gasteiger partial charge in [-0.05, 0) is 0 Å². The van der Waals surface area contributed by atoms with Crippen molar-refractivity contribution in [2.75, 3.05) is 12.3 Å². The summed E-state index contributed by atoms with van der Waals surface area (Å²) in [4.78, 5) is 46.6. The van der Waals surface area contributed by atoms with Crippen LogP contribution in [0.2, 0.25) is 5.15 Å². The molecule has 156 valence electrons. The zero-order valence-corrected chi connectivity index (χ0v) is 16.5. The lowest BCUT2D eigenvalue weighted by Gasteiger charge is -2.23. The molecule has 3 rings (SSSR count). The fourth-order valence-corrected chi connectivity index (χ4v) is 3.22. The van der Waals surface area contributed by atoms with Gasteiger partial charge in [0, 0.05) is 20.8 Å². The van der Waals surface area contributed by atoms with E-state index in [4.69, 9.17) is 36.3 Å². The number of nitrogen functional groups attached to an aromatic ring is 1. The van der Waals surface area contributed by atoms with Crippen LogP contribution in [0.25, 0.3) is 11.2 Å². The van der Waals surface area contributed by atoms with E-state index in [0.29, 0.717) is 0 Å². The van der Waals surface area contributed by atoms with Gasteiger partial charge in [-0.1, -0.05) is 11.6 Å². The van der Waals surface area contributed by atoms with Crippen molar-refractivity contribution in [1.82, 2.24) is 19.5 Å². The fourth-order valence-electron chi connectivity index (χ4n) is 3.00. The van der Waals surface area contributed by atoms with Gasteiger partial charge in [0.05, 0.1) is 6.33 Å². The van der Waals surface area contributed by atoms with Crippen LogP contribution in [0.4, 0.5) is 5.95 Å². The number of nitrogens with zero attached hydrogens (tertiary/aromatic N) is 4. The monoisotopic (exact) mass is 427 g/mol. The number of ether oxygens (including phenoxy) is 4. The van der Waals surface area contributed by atoms with E-state index in [0.717, 1.165) is 0 Å². The highest BCUT2D eigenvalue weighted by Gasteiger charge is 2.51. The number of aromatic nitrogens is 4. The zero-order valence-electron chi connectivity index (χ0n) is 15.7. The first kappa shape index (κ1) is 20.7. The lowest BCUT2D eigenvalue weighted by molar-refractivity contribution is -0.166. The average Bonchev–Trinajstić information content (AvgIpc) is 3.15. The predicted molar refractivity (Wildman–Crippen MR) is 96.4 cm³/mol. The number of nitrogens with two attached hydrogens (primary N) is 1. The number of halogens is 1. The molecule has 1 saturated heterocycles. The summed E-state index contributed by atoms with van der Waals surface area (Å²) in [5.74, 6) is -1.91.